The minimum atomic E-state index is -0.304. The largest absolute Gasteiger partial charge is 0.376 e. The van der Waals surface area contributed by atoms with Crippen molar-refractivity contribution in [2.75, 3.05) is 0 Å². The van der Waals surface area contributed by atoms with Gasteiger partial charge in [-0.25, -0.2) is 4.79 Å². The molecule has 0 aliphatic heterocycles. The highest BCUT2D eigenvalue weighted by molar-refractivity contribution is 5.18. The SMILES string of the molecule is O=c1n(CO)c2c(n1CO)CCCC2. The molecule has 2 rings (SSSR count). The van der Waals surface area contributed by atoms with Crippen LogP contribution in [0.3, 0.4) is 0 Å². The minimum absolute atomic E-state index is 0.297. The lowest BCUT2D eigenvalue weighted by Crippen LogP contribution is -2.25. The molecule has 0 atom stereocenters. The highest BCUT2D eigenvalue weighted by atomic mass is 16.3. The van der Waals surface area contributed by atoms with Crippen molar-refractivity contribution in [2.45, 2.75) is 39.1 Å². The second-order valence-corrected chi connectivity index (χ2v) is 3.52. The van der Waals surface area contributed by atoms with Crippen LogP contribution in [0.4, 0.5) is 0 Å². The molecule has 1 aliphatic carbocycles. The van der Waals surface area contributed by atoms with Gasteiger partial charge in [0.05, 0.1) is 0 Å². The van der Waals surface area contributed by atoms with Crippen LogP contribution in [0.15, 0.2) is 4.79 Å². The molecule has 0 amide bonds. The first-order chi connectivity index (χ1) is 6.79. The van der Waals surface area contributed by atoms with E-state index in [0.29, 0.717) is 0 Å². The maximum Gasteiger partial charge on any atom is 0.332 e. The third-order valence-corrected chi connectivity index (χ3v) is 2.81. The van der Waals surface area contributed by atoms with Gasteiger partial charge < -0.3 is 10.2 Å². The number of fused-ring (bicyclic) bond motifs is 1. The van der Waals surface area contributed by atoms with Crippen LogP contribution >= 0.6 is 0 Å². The van der Waals surface area contributed by atoms with Crippen LogP contribution in [0.2, 0.25) is 0 Å². The lowest BCUT2D eigenvalue weighted by Gasteiger charge is -2.13. The maximum absolute atomic E-state index is 11.6. The van der Waals surface area contributed by atoms with Crippen LogP contribution in [-0.4, -0.2) is 19.3 Å². The third-order valence-electron chi connectivity index (χ3n) is 2.81. The van der Waals surface area contributed by atoms with Crippen molar-refractivity contribution < 1.29 is 10.2 Å². The molecule has 5 nitrogen and oxygen atoms in total. The van der Waals surface area contributed by atoms with Gasteiger partial charge >= 0.3 is 5.69 Å². The Kier molecular flexibility index (Phi) is 2.43. The standard InChI is InChI=1S/C9H14N2O3/c12-5-10-7-3-1-2-4-8(7)11(6-13)9(10)14/h12-13H,1-6H2. The summed E-state index contributed by atoms with van der Waals surface area (Å²) in [5.41, 5.74) is 1.47. The molecule has 0 bridgehead atoms. The van der Waals surface area contributed by atoms with E-state index in [1.54, 1.807) is 0 Å². The summed E-state index contributed by atoms with van der Waals surface area (Å²) >= 11 is 0. The fourth-order valence-corrected chi connectivity index (χ4v) is 2.12. The number of aliphatic hydroxyl groups is 2. The van der Waals surface area contributed by atoms with Gasteiger partial charge in [-0.15, -0.1) is 0 Å². The van der Waals surface area contributed by atoms with Crippen LogP contribution in [0.5, 0.6) is 0 Å². The minimum Gasteiger partial charge on any atom is -0.376 e. The first kappa shape index (κ1) is 9.48. The molecule has 0 spiro atoms. The smallest absolute Gasteiger partial charge is 0.332 e. The highest BCUT2D eigenvalue weighted by Gasteiger charge is 2.20. The Bertz CT molecular complexity index is 357. The molecule has 78 valence electrons. The molecule has 5 heteroatoms. The molecule has 0 aromatic carbocycles. The van der Waals surface area contributed by atoms with E-state index in [9.17, 15) is 4.79 Å². The quantitative estimate of drug-likeness (QED) is 0.668. The molecule has 1 aliphatic rings. The average Bonchev–Trinajstić information content (AvgIpc) is 2.49. The van der Waals surface area contributed by atoms with Crippen molar-refractivity contribution in [1.29, 1.82) is 0 Å². The average molecular weight is 198 g/mol. The monoisotopic (exact) mass is 198 g/mol. The van der Waals surface area contributed by atoms with E-state index in [1.807, 2.05) is 0 Å². The second-order valence-electron chi connectivity index (χ2n) is 3.52. The molecule has 1 aromatic rings. The fraction of sp³-hybridized carbons (Fsp3) is 0.667. The van der Waals surface area contributed by atoms with Gasteiger partial charge in [-0.05, 0) is 25.7 Å². The van der Waals surface area contributed by atoms with Crippen LogP contribution in [0, 0.1) is 0 Å². The molecule has 1 aromatic heterocycles. The van der Waals surface area contributed by atoms with Gasteiger partial charge in [-0.2, -0.15) is 0 Å². The van der Waals surface area contributed by atoms with Crippen molar-refractivity contribution in [3.05, 3.63) is 21.9 Å². The molecule has 0 saturated heterocycles. The van der Waals surface area contributed by atoms with Gasteiger partial charge in [0.1, 0.15) is 13.5 Å². The topological polar surface area (TPSA) is 67.4 Å². The molecule has 0 fully saturated rings. The van der Waals surface area contributed by atoms with Gasteiger partial charge in [-0.3, -0.25) is 9.13 Å². The van der Waals surface area contributed by atoms with E-state index in [1.165, 1.54) is 9.13 Å². The molecule has 0 radical (unpaired) electrons. The number of imidazole rings is 1. The number of hydrogen-bond acceptors (Lipinski definition) is 3. The Labute approximate surface area is 81.2 Å². The van der Waals surface area contributed by atoms with Crippen LogP contribution < -0.4 is 5.69 Å². The normalized spacial score (nSPS) is 15.6. The van der Waals surface area contributed by atoms with Gasteiger partial charge in [0.15, 0.2) is 0 Å². The zero-order chi connectivity index (χ0) is 10.1. The van der Waals surface area contributed by atoms with Crippen molar-refractivity contribution in [1.82, 2.24) is 9.13 Å². The lowest BCUT2D eigenvalue weighted by molar-refractivity contribution is 0.186. The Morgan fingerprint density at radius 1 is 1.00 bits per heavy atom. The van der Waals surface area contributed by atoms with E-state index in [4.69, 9.17) is 10.2 Å². The predicted octanol–water partition coefficient (Wildman–Crippen LogP) is -0.572. The van der Waals surface area contributed by atoms with Crippen molar-refractivity contribution in [2.24, 2.45) is 0 Å². The lowest BCUT2D eigenvalue weighted by atomic mass is 10.0. The number of nitrogens with zero attached hydrogens (tertiary/aromatic N) is 2. The third kappa shape index (κ3) is 1.20. The predicted molar refractivity (Wildman–Crippen MR) is 49.8 cm³/mol. The number of aromatic nitrogens is 2. The number of hydrogen-bond donors (Lipinski definition) is 2. The number of rotatable bonds is 2. The van der Waals surface area contributed by atoms with Crippen LogP contribution in [0.25, 0.3) is 0 Å². The molecule has 2 N–H and O–H groups in total. The van der Waals surface area contributed by atoms with Gasteiger partial charge in [-0.1, -0.05) is 0 Å². The zero-order valence-corrected chi connectivity index (χ0v) is 7.94. The van der Waals surface area contributed by atoms with Gasteiger partial charge in [0.2, 0.25) is 0 Å². The summed E-state index contributed by atoms with van der Waals surface area (Å²) in [7, 11) is 0. The first-order valence-corrected chi connectivity index (χ1v) is 4.82. The summed E-state index contributed by atoms with van der Waals surface area (Å²) in [6, 6.07) is 0. The van der Waals surface area contributed by atoms with Crippen molar-refractivity contribution in [3.8, 4) is 0 Å². The van der Waals surface area contributed by atoms with E-state index in [2.05, 4.69) is 0 Å². The van der Waals surface area contributed by atoms with Gasteiger partial charge in [0, 0.05) is 11.4 Å². The fourth-order valence-electron chi connectivity index (χ4n) is 2.12. The van der Waals surface area contributed by atoms with E-state index in [0.717, 1.165) is 37.1 Å². The zero-order valence-electron chi connectivity index (χ0n) is 7.94. The molecular weight excluding hydrogens is 184 g/mol. The Balaban J connectivity index is 2.62. The Morgan fingerprint density at radius 2 is 1.43 bits per heavy atom. The first-order valence-electron chi connectivity index (χ1n) is 4.82. The molecular formula is C9H14N2O3. The Hall–Kier alpha value is -1.07. The summed E-state index contributed by atoms with van der Waals surface area (Å²) in [4.78, 5) is 11.6. The van der Waals surface area contributed by atoms with Crippen LogP contribution in [0.1, 0.15) is 24.2 Å². The van der Waals surface area contributed by atoms with E-state index < -0.39 is 0 Å². The molecule has 1 heterocycles. The molecule has 14 heavy (non-hydrogen) atoms. The molecule has 0 unspecified atom stereocenters. The summed E-state index contributed by atoms with van der Waals surface area (Å²) in [5.74, 6) is 0. The van der Waals surface area contributed by atoms with E-state index >= 15 is 0 Å². The Morgan fingerprint density at radius 3 is 1.79 bits per heavy atom. The van der Waals surface area contributed by atoms with E-state index in [-0.39, 0.29) is 19.2 Å². The summed E-state index contributed by atoms with van der Waals surface area (Å²) in [6.45, 7) is -0.595. The molecule has 0 saturated carbocycles. The van der Waals surface area contributed by atoms with Crippen molar-refractivity contribution in [3.63, 3.8) is 0 Å². The highest BCUT2D eigenvalue weighted by Crippen LogP contribution is 2.19. The number of aliphatic hydroxyl groups excluding tert-OH is 2. The summed E-state index contributed by atoms with van der Waals surface area (Å²) in [5, 5.41) is 18.1. The van der Waals surface area contributed by atoms with Gasteiger partial charge in [0.25, 0.3) is 0 Å². The second kappa shape index (κ2) is 3.59. The van der Waals surface area contributed by atoms with Crippen LogP contribution in [-0.2, 0) is 26.3 Å². The summed E-state index contributed by atoms with van der Waals surface area (Å²) < 4.78 is 2.68. The maximum atomic E-state index is 11.6. The van der Waals surface area contributed by atoms with Crippen molar-refractivity contribution >= 4 is 0 Å². The summed E-state index contributed by atoms with van der Waals surface area (Å²) in [6.07, 6.45) is 3.72.